The first-order chi connectivity index (χ1) is 16.9. The fraction of sp³-hybridized carbons (Fsp3) is 0.714. The average molecular weight is 501 g/mol. The summed E-state index contributed by atoms with van der Waals surface area (Å²) in [5.41, 5.74) is 0.554. The van der Waals surface area contributed by atoms with Gasteiger partial charge in [-0.25, -0.2) is 4.79 Å². The van der Waals surface area contributed by atoms with Crippen LogP contribution in [0.3, 0.4) is 0 Å². The first kappa shape index (κ1) is 26.2. The van der Waals surface area contributed by atoms with Gasteiger partial charge in [0.25, 0.3) is 0 Å². The summed E-state index contributed by atoms with van der Waals surface area (Å²) in [5.74, 6) is 0.266. The molecule has 0 N–H and O–H groups in total. The van der Waals surface area contributed by atoms with Crippen molar-refractivity contribution in [3.05, 3.63) is 35.9 Å². The largest absolute Gasteiger partial charge is 0.445 e. The van der Waals surface area contributed by atoms with Gasteiger partial charge in [-0.1, -0.05) is 51.1 Å². The number of nitrogens with zero attached hydrogens (tertiary/aromatic N) is 2. The highest BCUT2D eigenvalue weighted by molar-refractivity contribution is 6.73. The third kappa shape index (κ3) is 5.77. The molecular weight excluding hydrogens is 456 g/mol. The van der Waals surface area contributed by atoms with Crippen LogP contribution in [0, 0.1) is 5.41 Å². The Bertz CT molecular complexity index is 846. The van der Waals surface area contributed by atoms with Crippen molar-refractivity contribution >= 4 is 20.3 Å². The number of benzene rings is 1. The predicted octanol–water partition coefficient (Wildman–Crippen LogP) is 5.97. The quantitative estimate of drug-likeness (QED) is 0.413. The van der Waals surface area contributed by atoms with E-state index in [9.17, 15) is 9.59 Å². The van der Waals surface area contributed by atoms with Crippen LogP contribution in [-0.4, -0.2) is 61.9 Å². The number of hydrogen-bond donors (Lipinski definition) is 0. The van der Waals surface area contributed by atoms with E-state index in [1.165, 1.54) is 18.1 Å². The molecule has 1 aliphatic carbocycles. The number of amides is 2. The van der Waals surface area contributed by atoms with Gasteiger partial charge in [-0.3, -0.25) is 4.79 Å². The fourth-order valence-corrected chi connectivity index (χ4v) is 9.44. The van der Waals surface area contributed by atoms with E-state index in [2.05, 4.69) is 25.7 Å². The topological polar surface area (TPSA) is 59.1 Å². The lowest BCUT2D eigenvalue weighted by Gasteiger charge is -2.41. The summed E-state index contributed by atoms with van der Waals surface area (Å²) in [7, 11) is -1.58. The summed E-state index contributed by atoms with van der Waals surface area (Å²) < 4.78 is 12.3. The molecule has 0 bridgehead atoms. The van der Waals surface area contributed by atoms with Crippen LogP contribution in [0.15, 0.2) is 30.3 Å². The zero-order chi connectivity index (χ0) is 24.9. The van der Waals surface area contributed by atoms with Gasteiger partial charge >= 0.3 is 6.09 Å². The van der Waals surface area contributed by atoms with Gasteiger partial charge in [-0.2, -0.15) is 0 Å². The van der Waals surface area contributed by atoms with Crippen LogP contribution < -0.4 is 0 Å². The van der Waals surface area contributed by atoms with Crippen LogP contribution in [0.25, 0.3) is 0 Å². The molecule has 4 rings (SSSR count). The smallest absolute Gasteiger partial charge is 0.410 e. The van der Waals surface area contributed by atoms with E-state index in [1.807, 2.05) is 30.3 Å². The number of likely N-dealkylation sites (tertiary alicyclic amines) is 2. The number of rotatable bonds is 8. The lowest BCUT2D eigenvalue weighted by atomic mass is 9.78. The number of carbonyl (C=O) groups excluding carboxylic acids is 2. The molecule has 35 heavy (non-hydrogen) atoms. The van der Waals surface area contributed by atoms with Crippen molar-refractivity contribution in [1.29, 1.82) is 0 Å². The Morgan fingerprint density at radius 3 is 2.34 bits per heavy atom. The van der Waals surface area contributed by atoms with Gasteiger partial charge in [0.15, 0.2) is 8.32 Å². The molecule has 2 heterocycles. The van der Waals surface area contributed by atoms with Gasteiger partial charge < -0.3 is 19.0 Å². The maximum Gasteiger partial charge on any atom is 0.410 e. The third-order valence-corrected chi connectivity index (χ3v) is 13.7. The highest BCUT2D eigenvalue weighted by atomic mass is 28.4. The van der Waals surface area contributed by atoms with Crippen LogP contribution in [0.4, 0.5) is 4.79 Å². The Kier molecular flexibility index (Phi) is 8.58. The summed E-state index contributed by atoms with van der Waals surface area (Å²) >= 11 is 0. The van der Waals surface area contributed by atoms with Gasteiger partial charge in [0.2, 0.25) is 5.91 Å². The van der Waals surface area contributed by atoms with Crippen molar-refractivity contribution in [2.24, 2.45) is 5.41 Å². The van der Waals surface area contributed by atoms with Crippen molar-refractivity contribution in [3.8, 4) is 0 Å². The van der Waals surface area contributed by atoms with Gasteiger partial charge in [-0.05, 0) is 68.6 Å². The summed E-state index contributed by atoms with van der Waals surface area (Å²) in [6.07, 6.45) is 6.86. The highest BCUT2D eigenvalue weighted by Crippen LogP contribution is 2.43. The molecule has 194 valence electrons. The second-order valence-electron chi connectivity index (χ2n) is 10.9. The third-order valence-electron chi connectivity index (χ3n) is 9.02. The SMILES string of the molecule is CC[Si](CC)(CC)O[C@H]1CC[C@H](N2CC[C@]3(CCCN(C(=O)OCc4ccccc4)C3)C2=O)CC1. The number of carbonyl (C=O) groups is 2. The van der Waals surface area contributed by atoms with Crippen molar-refractivity contribution in [3.63, 3.8) is 0 Å². The summed E-state index contributed by atoms with van der Waals surface area (Å²) in [4.78, 5) is 30.4. The van der Waals surface area contributed by atoms with E-state index < -0.39 is 13.7 Å². The molecule has 1 saturated carbocycles. The molecule has 3 aliphatic rings. The molecule has 6 nitrogen and oxygen atoms in total. The molecule has 7 heteroatoms. The molecule has 1 atom stereocenters. The zero-order valence-corrected chi connectivity index (χ0v) is 23.0. The van der Waals surface area contributed by atoms with E-state index in [1.54, 1.807) is 4.90 Å². The minimum Gasteiger partial charge on any atom is -0.445 e. The first-order valence-electron chi connectivity index (χ1n) is 13.9. The van der Waals surface area contributed by atoms with E-state index in [0.717, 1.165) is 57.1 Å². The summed E-state index contributed by atoms with van der Waals surface area (Å²) in [6, 6.07) is 13.7. The lowest BCUT2D eigenvalue weighted by Crippen LogP contribution is -2.51. The lowest BCUT2D eigenvalue weighted by molar-refractivity contribution is -0.141. The Labute approximate surface area is 212 Å². The monoisotopic (exact) mass is 500 g/mol. The summed E-state index contributed by atoms with van der Waals surface area (Å²) in [6.45, 7) is 9.12. The van der Waals surface area contributed by atoms with Crippen molar-refractivity contribution in [2.45, 2.75) is 103 Å². The molecule has 2 aliphatic heterocycles. The zero-order valence-electron chi connectivity index (χ0n) is 22.0. The molecule has 2 saturated heterocycles. The van der Waals surface area contributed by atoms with Crippen LogP contribution in [0.5, 0.6) is 0 Å². The van der Waals surface area contributed by atoms with Gasteiger partial charge in [0.1, 0.15) is 6.61 Å². The Morgan fingerprint density at radius 2 is 1.69 bits per heavy atom. The summed E-state index contributed by atoms with van der Waals surface area (Å²) in [5, 5.41) is 0. The minimum atomic E-state index is -1.58. The van der Waals surface area contributed by atoms with Crippen LogP contribution >= 0.6 is 0 Å². The van der Waals surface area contributed by atoms with E-state index in [-0.39, 0.29) is 18.6 Å². The predicted molar refractivity (Wildman–Crippen MR) is 141 cm³/mol. The molecule has 0 unspecified atom stereocenters. The minimum absolute atomic E-state index is 0.266. The van der Waals surface area contributed by atoms with Crippen molar-refractivity contribution in [1.82, 2.24) is 9.80 Å². The number of ether oxygens (including phenoxy) is 1. The van der Waals surface area contributed by atoms with E-state index in [0.29, 0.717) is 25.2 Å². The second-order valence-corrected chi connectivity index (χ2v) is 15.6. The molecule has 0 radical (unpaired) electrons. The van der Waals surface area contributed by atoms with Crippen molar-refractivity contribution in [2.75, 3.05) is 19.6 Å². The Balaban J connectivity index is 1.30. The standard InChI is InChI=1S/C28H44N2O4Si/c1-4-35(5-2,6-3)34-25-15-13-24(14-16-25)30-20-18-28(26(30)31)17-10-19-29(22-28)27(32)33-21-23-11-8-7-9-12-23/h7-9,11-12,24-25H,4-6,10,13-22H2,1-3H3/t24-,25-,28-/m0/s1. The van der Waals surface area contributed by atoms with Gasteiger partial charge in [-0.15, -0.1) is 0 Å². The molecule has 0 aromatic heterocycles. The normalized spacial score (nSPS) is 27.5. The Hall–Kier alpha value is -1.86. The van der Waals surface area contributed by atoms with Crippen LogP contribution in [-0.2, 0) is 20.6 Å². The van der Waals surface area contributed by atoms with E-state index >= 15 is 0 Å². The molecular formula is C28H44N2O4Si. The van der Waals surface area contributed by atoms with Crippen LogP contribution in [0.1, 0.15) is 71.3 Å². The number of piperidine rings is 1. The number of hydrogen-bond acceptors (Lipinski definition) is 4. The fourth-order valence-electron chi connectivity index (χ4n) is 6.50. The highest BCUT2D eigenvalue weighted by Gasteiger charge is 2.51. The van der Waals surface area contributed by atoms with Crippen LogP contribution in [0.2, 0.25) is 18.1 Å². The first-order valence-corrected chi connectivity index (χ1v) is 16.4. The van der Waals surface area contributed by atoms with Gasteiger partial charge in [0, 0.05) is 31.8 Å². The Morgan fingerprint density at radius 1 is 1.00 bits per heavy atom. The maximum atomic E-state index is 13.7. The van der Waals surface area contributed by atoms with E-state index in [4.69, 9.17) is 9.16 Å². The molecule has 1 spiro atoms. The average Bonchev–Trinajstić information content (AvgIpc) is 3.21. The molecule has 2 amide bonds. The molecule has 1 aromatic rings. The molecule has 3 fully saturated rings. The van der Waals surface area contributed by atoms with Gasteiger partial charge in [0.05, 0.1) is 5.41 Å². The van der Waals surface area contributed by atoms with Crippen molar-refractivity contribution < 1.29 is 18.8 Å². The molecule has 1 aromatic carbocycles. The maximum absolute atomic E-state index is 13.7. The second kappa shape index (κ2) is 11.5.